The molecule has 216 valence electrons. The molecule has 3 unspecified atom stereocenters. The summed E-state index contributed by atoms with van der Waals surface area (Å²) in [6.07, 6.45) is 7.96. The molecule has 1 aliphatic carbocycles. The van der Waals surface area contributed by atoms with Crippen LogP contribution < -0.4 is 16.0 Å². The van der Waals surface area contributed by atoms with Crippen LogP contribution in [-0.2, 0) is 9.59 Å². The van der Waals surface area contributed by atoms with Crippen molar-refractivity contribution < 1.29 is 9.59 Å². The molecule has 5 nitrogen and oxygen atoms in total. The predicted molar refractivity (Wildman–Crippen MR) is 166 cm³/mol. The minimum Gasteiger partial charge on any atom is -0.356 e. The summed E-state index contributed by atoms with van der Waals surface area (Å²) in [7, 11) is 0. The van der Waals surface area contributed by atoms with E-state index in [4.69, 9.17) is 34.8 Å². The second kappa shape index (κ2) is 16.5. The number of benzene rings is 2. The molecule has 1 saturated carbocycles. The van der Waals surface area contributed by atoms with Crippen LogP contribution in [-0.4, -0.2) is 30.9 Å². The molecule has 0 radical (unpaired) electrons. The quantitative estimate of drug-likeness (QED) is 0.293. The van der Waals surface area contributed by atoms with Crippen molar-refractivity contribution >= 4 is 52.8 Å². The maximum absolute atomic E-state index is 13.3. The highest BCUT2D eigenvalue weighted by molar-refractivity contribution is 6.42. The standard InChI is InChI=1S/C22H25Cl3N2O.C7H13NO.C2H6/c1-22(2,3)11-18-19(21(28)27-14-7-4-6-13(23)10-14)16(12-26-18)15-8-5-9-17(24)20(15)25;9-6-8-7-4-2-1-3-5-7;1-2/h4-10,16,18-19,26H,11-12H2,1-3H3,(H,27,28);6-7H,1-5H2,(H,8,9);1-2H3. The molecule has 0 bridgehead atoms. The largest absolute Gasteiger partial charge is 0.356 e. The van der Waals surface area contributed by atoms with Gasteiger partial charge in [-0.3, -0.25) is 9.59 Å². The lowest BCUT2D eigenvalue weighted by molar-refractivity contribution is -0.120. The van der Waals surface area contributed by atoms with Gasteiger partial charge >= 0.3 is 0 Å². The first-order chi connectivity index (χ1) is 18.6. The lowest BCUT2D eigenvalue weighted by Gasteiger charge is -2.29. The van der Waals surface area contributed by atoms with Crippen molar-refractivity contribution in [1.29, 1.82) is 0 Å². The van der Waals surface area contributed by atoms with Crippen molar-refractivity contribution in [3.8, 4) is 0 Å². The van der Waals surface area contributed by atoms with Gasteiger partial charge in [-0.05, 0) is 54.5 Å². The van der Waals surface area contributed by atoms with Crippen LogP contribution in [0.25, 0.3) is 0 Å². The van der Waals surface area contributed by atoms with Gasteiger partial charge in [0.25, 0.3) is 0 Å². The normalized spacial score (nSPS) is 21.1. The summed E-state index contributed by atoms with van der Waals surface area (Å²) in [6.45, 7) is 11.2. The van der Waals surface area contributed by atoms with Crippen molar-refractivity contribution in [2.75, 3.05) is 11.9 Å². The van der Waals surface area contributed by atoms with E-state index in [2.05, 4.69) is 36.7 Å². The minimum absolute atomic E-state index is 0.0393. The van der Waals surface area contributed by atoms with Gasteiger partial charge < -0.3 is 16.0 Å². The van der Waals surface area contributed by atoms with Gasteiger partial charge in [0.2, 0.25) is 12.3 Å². The molecule has 0 aromatic heterocycles. The molecule has 4 rings (SSSR count). The van der Waals surface area contributed by atoms with Crippen LogP contribution in [0.4, 0.5) is 5.69 Å². The Morgan fingerprint density at radius 3 is 2.31 bits per heavy atom. The van der Waals surface area contributed by atoms with Crippen molar-refractivity contribution in [1.82, 2.24) is 10.6 Å². The Kier molecular flexibility index (Phi) is 14.1. The Morgan fingerprint density at radius 2 is 1.69 bits per heavy atom. The number of carbonyl (C=O) groups is 2. The Balaban J connectivity index is 0.000000407. The number of anilines is 1. The SMILES string of the molecule is CC.CC(C)(C)CC1NCC(c2cccc(Cl)c2Cl)C1C(=O)Nc1cccc(Cl)c1.O=CNC1CCCCC1. The third-order valence-electron chi connectivity index (χ3n) is 6.98. The molecule has 2 aromatic rings. The van der Waals surface area contributed by atoms with Gasteiger partial charge in [0.1, 0.15) is 0 Å². The van der Waals surface area contributed by atoms with E-state index in [-0.39, 0.29) is 29.2 Å². The Morgan fingerprint density at radius 1 is 1.03 bits per heavy atom. The monoisotopic (exact) mass is 595 g/mol. The van der Waals surface area contributed by atoms with Crippen LogP contribution in [0.1, 0.15) is 84.6 Å². The zero-order chi connectivity index (χ0) is 29.0. The number of hydrogen-bond donors (Lipinski definition) is 3. The summed E-state index contributed by atoms with van der Waals surface area (Å²) < 4.78 is 0. The van der Waals surface area contributed by atoms with Crippen molar-refractivity contribution in [3.05, 3.63) is 63.1 Å². The second-order valence-electron chi connectivity index (χ2n) is 11.2. The third kappa shape index (κ3) is 10.6. The Bertz CT molecular complexity index is 1050. The van der Waals surface area contributed by atoms with Crippen molar-refractivity contribution in [2.24, 2.45) is 11.3 Å². The molecule has 0 spiro atoms. The molecular weight excluding hydrogens is 553 g/mol. The van der Waals surface area contributed by atoms with Gasteiger partial charge in [0.05, 0.1) is 16.0 Å². The van der Waals surface area contributed by atoms with Crippen molar-refractivity contribution in [2.45, 2.75) is 91.1 Å². The van der Waals surface area contributed by atoms with E-state index >= 15 is 0 Å². The van der Waals surface area contributed by atoms with Crippen LogP contribution in [0, 0.1) is 11.3 Å². The number of halogens is 3. The average molecular weight is 597 g/mol. The summed E-state index contributed by atoms with van der Waals surface area (Å²) in [5.74, 6) is -0.366. The number of hydrogen-bond acceptors (Lipinski definition) is 3. The fourth-order valence-corrected chi connectivity index (χ4v) is 5.94. The summed E-state index contributed by atoms with van der Waals surface area (Å²) in [5.41, 5.74) is 1.68. The van der Waals surface area contributed by atoms with Crippen LogP contribution in [0.5, 0.6) is 0 Å². The average Bonchev–Trinajstić information content (AvgIpc) is 3.30. The number of amides is 2. The van der Waals surface area contributed by atoms with E-state index in [9.17, 15) is 9.59 Å². The molecule has 2 amide bonds. The van der Waals surface area contributed by atoms with Crippen LogP contribution in [0.15, 0.2) is 42.5 Å². The lowest BCUT2D eigenvalue weighted by Crippen LogP contribution is -2.38. The topological polar surface area (TPSA) is 70.2 Å². The smallest absolute Gasteiger partial charge is 0.229 e. The van der Waals surface area contributed by atoms with Gasteiger partial charge in [-0.2, -0.15) is 0 Å². The summed E-state index contributed by atoms with van der Waals surface area (Å²) >= 11 is 18.8. The van der Waals surface area contributed by atoms with E-state index in [1.165, 1.54) is 32.1 Å². The molecule has 2 fully saturated rings. The molecule has 3 atom stereocenters. The lowest BCUT2D eigenvalue weighted by atomic mass is 9.78. The highest BCUT2D eigenvalue weighted by Gasteiger charge is 2.43. The molecule has 3 N–H and O–H groups in total. The number of rotatable bonds is 6. The van der Waals surface area contributed by atoms with Crippen LogP contribution in [0.3, 0.4) is 0 Å². The number of nitrogens with one attached hydrogen (secondary N) is 3. The Hall–Kier alpha value is -1.79. The van der Waals surface area contributed by atoms with Crippen LogP contribution >= 0.6 is 34.8 Å². The van der Waals surface area contributed by atoms with E-state index in [1.807, 2.05) is 38.1 Å². The highest BCUT2D eigenvalue weighted by atomic mass is 35.5. The van der Waals surface area contributed by atoms with Crippen LogP contribution in [0.2, 0.25) is 15.1 Å². The minimum atomic E-state index is -0.269. The highest BCUT2D eigenvalue weighted by Crippen LogP contribution is 2.41. The van der Waals surface area contributed by atoms with Gasteiger partial charge in [-0.1, -0.05) is 107 Å². The molecule has 2 aromatic carbocycles. The summed E-state index contributed by atoms with van der Waals surface area (Å²) in [5, 5.41) is 11.0. The van der Waals surface area contributed by atoms with Gasteiger partial charge in [0, 0.05) is 35.3 Å². The van der Waals surface area contributed by atoms with Gasteiger partial charge in [0.15, 0.2) is 0 Å². The molecule has 8 heteroatoms. The third-order valence-corrected chi connectivity index (χ3v) is 8.05. The van der Waals surface area contributed by atoms with Crippen molar-refractivity contribution in [3.63, 3.8) is 0 Å². The maximum atomic E-state index is 13.3. The van der Waals surface area contributed by atoms with E-state index < -0.39 is 0 Å². The fourth-order valence-electron chi connectivity index (χ4n) is 5.30. The van der Waals surface area contributed by atoms with Gasteiger partial charge in [-0.15, -0.1) is 0 Å². The number of carbonyl (C=O) groups excluding carboxylic acids is 2. The first-order valence-corrected chi connectivity index (χ1v) is 15.2. The molecule has 39 heavy (non-hydrogen) atoms. The predicted octanol–water partition coefficient (Wildman–Crippen LogP) is 8.48. The van der Waals surface area contributed by atoms with Gasteiger partial charge in [-0.25, -0.2) is 0 Å². The fraction of sp³-hybridized carbons (Fsp3) is 0.548. The summed E-state index contributed by atoms with van der Waals surface area (Å²) in [6, 6.07) is 13.3. The van der Waals surface area contributed by atoms with E-state index in [0.717, 1.165) is 18.4 Å². The molecule has 1 heterocycles. The first-order valence-electron chi connectivity index (χ1n) is 14.0. The Labute approximate surface area is 249 Å². The molecule has 2 aliphatic rings. The van der Waals surface area contributed by atoms with E-state index in [1.54, 1.807) is 18.2 Å². The van der Waals surface area contributed by atoms with E-state index in [0.29, 0.717) is 33.3 Å². The maximum Gasteiger partial charge on any atom is 0.229 e. The zero-order valence-corrected chi connectivity index (χ0v) is 26.1. The summed E-state index contributed by atoms with van der Waals surface area (Å²) in [4.78, 5) is 23.3. The molecular formula is C31H44Cl3N3O2. The molecule has 1 aliphatic heterocycles. The zero-order valence-electron chi connectivity index (χ0n) is 23.8. The second-order valence-corrected chi connectivity index (χ2v) is 12.4. The first kappa shape index (κ1) is 33.4. The molecule has 1 saturated heterocycles.